The zero-order chi connectivity index (χ0) is 6.97. The van der Waals surface area contributed by atoms with Crippen molar-refractivity contribution in [2.24, 2.45) is 5.10 Å². The van der Waals surface area contributed by atoms with E-state index >= 15 is 0 Å². The van der Waals surface area contributed by atoms with Crippen molar-refractivity contribution in [1.82, 2.24) is 5.01 Å². The quantitative estimate of drug-likeness (QED) is 0.490. The van der Waals surface area contributed by atoms with Crippen LogP contribution in [0, 0.1) is 0 Å². The molecule has 0 radical (unpaired) electrons. The molecule has 0 aromatic carbocycles. The highest BCUT2D eigenvalue weighted by molar-refractivity contribution is 5.73. The van der Waals surface area contributed by atoms with Crippen LogP contribution in [0.1, 0.15) is 13.3 Å². The summed E-state index contributed by atoms with van der Waals surface area (Å²) in [4.78, 5) is 0. The smallest absolute Gasteiger partial charge is 0.0558 e. The second kappa shape index (κ2) is 1.97. The van der Waals surface area contributed by atoms with Crippen LogP contribution in [-0.2, 0) is 0 Å². The molecule has 2 rings (SSSR count). The number of fused-ring (bicyclic) bond motifs is 1. The fraction of sp³-hybridized carbons (Fsp3) is 0.375. The first-order valence-corrected chi connectivity index (χ1v) is 3.58. The number of nitrogens with zero attached hydrogens (tertiary/aromatic N) is 2. The maximum atomic E-state index is 4.23. The zero-order valence-corrected chi connectivity index (χ0v) is 5.99. The highest BCUT2D eigenvalue weighted by atomic mass is 15.5. The van der Waals surface area contributed by atoms with E-state index in [-0.39, 0.29) is 0 Å². The molecule has 0 N–H and O–H groups in total. The van der Waals surface area contributed by atoms with Gasteiger partial charge in [-0.1, -0.05) is 6.08 Å². The van der Waals surface area contributed by atoms with Crippen molar-refractivity contribution in [1.29, 1.82) is 0 Å². The third-order valence-corrected chi connectivity index (χ3v) is 1.89. The third-order valence-electron chi connectivity index (χ3n) is 1.89. The van der Waals surface area contributed by atoms with Gasteiger partial charge in [0, 0.05) is 6.21 Å². The van der Waals surface area contributed by atoms with Gasteiger partial charge >= 0.3 is 0 Å². The summed E-state index contributed by atoms with van der Waals surface area (Å²) in [5.74, 6) is 0. The molecule has 0 saturated carbocycles. The molecular weight excluding hydrogens is 124 g/mol. The first kappa shape index (κ1) is 5.71. The molecule has 0 aliphatic carbocycles. The van der Waals surface area contributed by atoms with E-state index in [0.717, 1.165) is 6.42 Å². The Kier molecular flexibility index (Phi) is 1.13. The molecule has 1 atom stereocenters. The van der Waals surface area contributed by atoms with Crippen LogP contribution in [0.2, 0.25) is 0 Å². The minimum absolute atomic E-state index is 0.552. The van der Waals surface area contributed by atoms with E-state index in [2.05, 4.69) is 29.2 Å². The maximum Gasteiger partial charge on any atom is 0.0558 e. The topological polar surface area (TPSA) is 15.6 Å². The molecule has 0 amide bonds. The van der Waals surface area contributed by atoms with E-state index in [1.165, 1.54) is 5.70 Å². The van der Waals surface area contributed by atoms with Crippen molar-refractivity contribution in [3.63, 3.8) is 0 Å². The second-order valence-electron chi connectivity index (χ2n) is 2.68. The Morgan fingerprint density at radius 2 is 2.60 bits per heavy atom. The van der Waals surface area contributed by atoms with E-state index in [0.29, 0.717) is 6.04 Å². The Morgan fingerprint density at radius 1 is 1.70 bits per heavy atom. The Bertz CT molecular complexity index is 225. The van der Waals surface area contributed by atoms with Crippen LogP contribution >= 0.6 is 0 Å². The zero-order valence-electron chi connectivity index (χ0n) is 5.99. The van der Waals surface area contributed by atoms with E-state index in [1.807, 2.05) is 12.3 Å². The summed E-state index contributed by atoms with van der Waals surface area (Å²) < 4.78 is 0. The van der Waals surface area contributed by atoms with Crippen molar-refractivity contribution in [3.05, 3.63) is 23.9 Å². The number of hydrazone groups is 1. The lowest BCUT2D eigenvalue weighted by Crippen LogP contribution is -2.22. The van der Waals surface area contributed by atoms with Crippen LogP contribution in [0.25, 0.3) is 0 Å². The van der Waals surface area contributed by atoms with Crippen LogP contribution in [0.15, 0.2) is 29.0 Å². The van der Waals surface area contributed by atoms with E-state index in [4.69, 9.17) is 0 Å². The molecule has 10 heavy (non-hydrogen) atoms. The Balaban J connectivity index is 2.30. The Morgan fingerprint density at radius 3 is 3.40 bits per heavy atom. The van der Waals surface area contributed by atoms with Crippen LogP contribution < -0.4 is 0 Å². The highest BCUT2D eigenvalue weighted by Crippen LogP contribution is 2.23. The highest BCUT2D eigenvalue weighted by Gasteiger charge is 2.20. The lowest BCUT2D eigenvalue weighted by atomic mass is 10.3. The van der Waals surface area contributed by atoms with Gasteiger partial charge in [0.25, 0.3) is 0 Å². The van der Waals surface area contributed by atoms with Gasteiger partial charge in [-0.15, -0.1) is 0 Å². The molecule has 0 aromatic rings. The van der Waals surface area contributed by atoms with Gasteiger partial charge in [0.05, 0.1) is 11.7 Å². The summed E-state index contributed by atoms with van der Waals surface area (Å²) in [6, 6.07) is 0.552. The summed E-state index contributed by atoms with van der Waals surface area (Å²) >= 11 is 0. The predicted molar refractivity (Wildman–Crippen MR) is 41.6 cm³/mol. The van der Waals surface area contributed by atoms with Crippen LogP contribution in [0.3, 0.4) is 0 Å². The van der Waals surface area contributed by atoms with E-state index < -0.39 is 0 Å². The Labute approximate surface area is 60.5 Å². The summed E-state index contributed by atoms with van der Waals surface area (Å²) in [5, 5.41) is 6.28. The van der Waals surface area contributed by atoms with Crippen molar-refractivity contribution < 1.29 is 0 Å². The van der Waals surface area contributed by atoms with Gasteiger partial charge in [-0.3, -0.25) is 5.01 Å². The molecule has 2 nitrogen and oxygen atoms in total. The SMILES string of the molecule is CC1CC=C2C=CC=NN21. The monoisotopic (exact) mass is 134 g/mol. The lowest BCUT2D eigenvalue weighted by Gasteiger charge is -2.21. The van der Waals surface area contributed by atoms with Gasteiger partial charge in [0.1, 0.15) is 0 Å². The van der Waals surface area contributed by atoms with Crippen molar-refractivity contribution >= 4 is 6.21 Å². The number of allylic oxidation sites excluding steroid dienone is 2. The molecule has 2 heteroatoms. The van der Waals surface area contributed by atoms with Crippen molar-refractivity contribution in [2.45, 2.75) is 19.4 Å². The summed E-state index contributed by atoms with van der Waals surface area (Å²) in [7, 11) is 0. The minimum atomic E-state index is 0.552. The summed E-state index contributed by atoms with van der Waals surface area (Å²) in [6.45, 7) is 2.18. The van der Waals surface area contributed by atoms with Crippen LogP contribution in [0.4, 0.5) is 0 Å². The molecule has 2 aliphatic heterocycles. The number of hydrogen-bond donors (Lipinski definition) is 0. The van der Waals surface area contributed by atoms with E-state index in [9.17, 15) is 0 Å². The van der Waals surface area contributed by atoms with Crippen molar-refractivity contribution in [2.75, 3.05) is 0 Å². The van der Waals surface area contributed by atoms with Gasteiger partial charge < -0.3 is 0 Å². The molecule has 0 saturated heterocycles. The van der Waals surface area contributed by atoms with Crippen molar-refractivity contribution in [3.8, 4) is 0 Å². The molecule has 52 valence electrons. The molecule has 1 unspecified atom stereocenters. The van der Waals surface area contributed by atoms with Crippen LogP contribution in [0.5, 0.6) is 0 Å². The second-order valence-corrected chi connectivity index (χ2v) is 2.68. The average Bonchev–Trinajstić information content (AvgIpc) is 2.34. The van der Waals surface area contributed by atoms with Gasteiger partial charge in [0.2, 0.25) is 0 Å². The molecule has 2 heterocycles. The average molecular weight is 134 g/mol. The Hall–Kier alpha value is -1.05. The number of rotatable bonds is 0. The minimum Gasteiger partial charge on any atom is -0.263 e. The predicted octanol–water partition coefficient (Wildman–Crippen LogP) is 1.52. The van der Waals surface area contributed by atoms with E-state index in [1.54, 1.807) is 0 Å². The first-order valence-electron chi connectivity index (χ1n) is 3.58. The molecule has 0 spiro atoms. The fourth-order valence-electron chi connectivity index (χ4n) is 1.32. The molecule has 0 bridgehead atoms. The molecule has 0 aromatic heterocycles. The molecular formula is C8H10N2. The maximum absolute atomic E-state index is 4.23. The molecule has 0 fully saturated rings. The summed E-state index contributed by atoms with van der Waals surface area (Å²) in [5.41, 5.74) is 1.25. The van der Waals surface area contributed by atoms with Gasteiger partial charge in [-0.05, 0) is 25.5 Å². The van der Waals surface area contributed by atoms with Gasteiger partial charge in [-0.25, -0.2) is 0 Å². The largest absolute Gasteiger partial charge is 0.263 e. The van der Waals surface area contributed by atoms with Crippen LogP contribution in [-0.4, -0.2) is 17.3 Å². The fourth-order valence-corrected chi connectivity index (χ4v) is 1.32. The third kappa shape index (κ3) is 0.685. The first-order chi connectivity index (χ1) is 4.88. The normalized spacial score (nSPS) is 28.7. The van der Waals surface area contributed by atoms with Gasteiger partial charge in [0.15, 0.2) is 0 Å². The van der Waals surface area contributed by atoms with Gasteiger partial charge in [-0.2, -0.15) is 5.10 Å². The lowest BCUT2D eigenvalue weighted by molar-refractivity contribution is 0.318. The standard InChI is InChI=1S/C8H10N2/c1-7-4-5-8-3-2-6-9-10(7)8/h2-3,5-7H,4H2,1H3. The number of hydrogen-bond acceptors (Lipinski definition) is 2. The molecule has 2 aliphatic rings. The summed E-state index contributed by atoms with van der Waals surface area (Å²) in [6.07, 6.45) is 9.24.